The summed E-state index contributed by atoms with van der Waals surface area (Å²) < 4.78 is 6.96. The van der Waals surface area contributed by atoms with Gasteiger partial charge in [-0.1, -0.05) is 0 Å². The van der Waals surface area contributed by atoms with Gasteiger partial charge in [0.05, 0.1) is 0 Å². The zero-order chi connectivity index (χ0) is 11.6. The second kappa shape index (κ2) is 8.04. The van der Waals surface area contributed by atoms with Crippen molar-refractivity contribution in [3.63, 3.8) is 0 Å². The maximum absolute atomic E-state index is 2.55. The third kappa shape index (κ3) is 4.96. The molecule has 0 atom stereocenters. The van der Waals surface area contributed by atoms with Gasteiger partial charge >= 0.3 is 106 Å². The van der Waals surface area contributed by atoms with Crippen LogP contribution in [0.3, 0.4) is 0 Å². The first kappa shape index (κ1) is 18.6. The van der Waals surface area contributed by atoms with Crippen LogP contribution in [0.1, 0.15) is 25.7 Å². The van der Waals surface area contributed by atoms with Crippen LogP contribution >= 0.6 is 24.8 Å². The summed E-state index contributed by atoms with van der Waals surface area (Å²) in [5, 5.41) is 0. The van der Waals surface area contributed by atoms with Gasteiger partial charge in [-0.25, -0.2) is 0 Å². The second-order valence-corrected chi connectivity index (χ2v) is 26.7. The molecule has 0 amide bonds. The standard InChI is InChI=1S/C12H13.2CH3.2ClH.H2Si.Zr/c1-2-6-11(5-1)9-10-12-7-3-4-8-12;;;;;;/h1-3,5,7H,4,6,9-10H2;2*1H3;2*1H;1H2;. The van der Waals surface area contributed by atoms with Crippen molar-refractivity contribution < 1.29 is 18.9 Å². The minimum atomic E-state index is -1.78. The van der Waals surface area contributed by atoms with E-state index < -0.39 is 18.9 Å². The van der Waals surface area contributed by atoms with E-state index in [1.165, 1.54) is 25.7 Å². The molecule has 2 aliphatic carbocycles. The summed E-state index contributed by atoms with van der Waals surface area (Å²) in [6.07, 6.45) is 16.5. The maximum atomic E-state index is 2.55. The molecule has 0 spiro atoms. The van der Waals surface area contributed by atoms with Crippen molar-refractivity contribution in [1.29, 1.82) is 0 Å². The van der Waals surface area contributed by atoms with Gasteiger partial charge in [0.1, 0.15) is 0 Å². The number of rotatable bonds is 4. The number of halogens is 2. The molecule has 0 saturated carbocycles. The van der Waals surface area contributed by atoms with Gasteiger partial charge in [0.15, 0.2) is 0 Å². The zero-order valence-corrected chi connectivity index (χ0v) is 16.7. The molecule has 0 N–H and O–H groups in total. The number of allylic oxidation sites excluding steroid dienone is 8. The van der Waals surface area contributed by atoms with Crippen LogP contribution < -0.4 is 0 Å². The Labute approximate surface area is 129 Å². The first-order valence-corrected chi connectivity index (χ1v) is 18.2. The van der Waals surface area contributed by atoms with Gasteiger partial charge in [-0.3, -0.25) is 0 Å². The molecule has 4 heteroatoms. The van der Waals surface area contributed by atoms with Gasteiger partial charge in [0, 0.05) is 0 Å². The van der Waals surface area contributed by atoms with E-state index >= 15 is 0 Å². The summed E-state index contributed by atoms with van der Waals surface area (Å²) in [6, 6.07) is 0. The molecule has 18 heavy (non-hydrogen) atoms. The number of hydrogen-bond acceptors (Lipinski definition) is 0. The fourth-order valence-corrected chi connectivity index (χ4v) is 8.96. The van der Waals surface area contributed by atoms with Gasteiger partial charge in [0.25, 0.3) is 0 Å². The molecular formula is C14H23Cl2SiZr. The summed E-state index contributed by atoms with van der Waals surface area (Å²) in [4.78, 5) is 0. The Hall–Kier alpha value is 0.640. The van der Waals surface area contributed by atoms with Crippen molar-refractivity contribution in [2.45, 2.75) is 34.9 Å². The average Bonchev–Trinajstić information content (AvgIpc) is 2.85. The summed E-state index contributed by atoms with van der Waals surface area (Å²) in [5.41, 5.74) is 3.29. The third-order valence-corrected chi connectivity index (χ3v) is 11.2. The fraction of sp³-hybridized carbons (Fsp3) is 0.429. The van der Waals surface area contributed by atoms with Gasteiger partial charge in [0.2, 0.25) is 0 Å². The normalized spacial score (nSPS) is 17.6. The van der Waals surface area contributed by atoms with Crippen molar-refractivity contribution >= 4 is 31.7 Å². The van der Waals surface area contributed by atoms with E-state index in [0.29, 0.717) is 0 Å². The van der Waals surface area contributed by atoms with E-state index in [4.69, 9.17) is 0 Å². The quantitative estimate of drug-likeness (QED) is 0.629. The van der Waals surface area contributed by atoms with Crippen LogP contribution in [-0.4, -0.2) is 6.88 Å². The van der Waals surface area contributed by atoms with Crippen LogP contribution in [0.5, 0.6) is 0 Å². The SMILES string of the molecule is Cl.Cl.[CH3][Zr]([CH3])(=[SiH2])[C]1=C(CCC2=CC=CC2)C=CC1. The number of hydrogen-bond donors (Lipinski definition) is 0. The molecule has 0 aliphatic heterocycles. The molecule has 0 aromatic rings. The van der Waals surface area contributed by atoms with Crippen molar-refractivity contribution in [3.05, 3.63) is 44.8 Å². The molecule has 0 nitrogen and oxygen atoms in total. The van der Waals surface area contributed by atoms with Gasteiger partial charge in [-0.05, 0) is 0 Å². The molecule has 0 bridgehead atoms. The van der Waals surface area contributed by atoms with E-state index in [9.17, 15) is 0 Å². The van der Waals surface area contributed by atoms with Crippen LogP contribution in [0.2, 0.25) is 9.26 Å². The molecule has 0 aromatic carbocycles. The van der Waals surface area contributed by atoms with Gasteiger partial charge in [-0.15, -0.1) is 24.8 Å². The van der Waals surface area contributed by atoms with Gasteiger partial charge < -0.3 is 0 Å². The molecule has 0 heterocycles. The van der Waals surface area contributed by atoms with Gasteiger partial charge in [-0.2, -0.15) is 0 Å². The Morgan fingerprint density at radius 2 is 1.83 bits per heavy atom. The van der Waals surface area contributed by atoms with Crippen molar-refractivity contribution in [3.8, 4) is 0 Å². The Balaban J connectivity index is 0.00000144. The molecular weight excluding hydrogens is 358 g/mol. The first-order valence-electron chi connectivity index (χ1n) is 6.16. The summed E-state index contributed by atoms with van der Waals surface area (Å²) >= 11 is -1.78. The summed E-state index contributed by atoms with van der Waals surface area (Å²) in [7, 11) is 0. The Kier molecular flexibility index (Phi) is 8.33. The van der Waals surface area contributed by atoms with Crippen LogP contribution in [0.4, 0.5) is 0 Å². The molecule has 2 rings (SSSR count). The van der Waals surface area contributed by atoms with Crippen molar-refractivity contribution in [2.24, 2.45) is 0 Å². The van der Waals surface area contributed by atoms with E-state index in [1.807, 2.05) is 3.28 Å². The Bertz CT molecular complexity index is 452. The topological polar surface area (TPSA) is 0 Å². The van der Waals surface area contributed by atoms with Crippen LogP contribution in [-0.2, 0) is 18.9 Å². The zero-order valence-electron chi connectivity index (χ0n) is 11.2. The molecule has 0 fully saturated rings. The second-order valence-electron chi connectivity index (χ2n) is 5.45. The van der Waals surface area contributed by atoms with Crippen LogP contribution in [0.15, 0.2) is 44.8 Å². The van der Waals surface area contributed by atoms with E-state index in [2.05, 4.69) is 46.5 Å². The monoisotopic (exact) mass is 379 g/mol. The molecule has 0 unspecified atom stereocenters. The Morgan fingerprint density at radius 3 is 2.39 bits per heavy atom. The van der Waals surface area contributed by atoms with Crippen LogP contribution in [0, 0.1) is 0 Å². The van der Waals surface area contributed by atoms with E-state index in [1.54, 1.807) is 11.1 Å². The summed E-state index contributed by atoms with van der Waals surface area (Å²) in [6.45, 7) is 2.32. The first-order chi connectivity index (χ1) is 7.57. The molecule has 0 saturated heterocycles. The molecule has 0 radical (unpaired) electrons. The summed E-state index contributed by atoms with van der Waals surface area (Å²) in [5.74, 6) is 0. The van der Waals surface area contributed by atoms with Crippen molar-refractivity contribution in [2.75, 3.05) is 0 Å². The molecule has 101 valence electrons. The minimum absolute atomic E-state index is 0. The predicted octanol–water partition coefficient (Wildman–Crippen LogP) is 4.51. The Morgan fingerprint density at radius 1 is 1.11 bits per heavy atom. The molecule has 2 aliphatic rings. The average molecular weight is 382 g/mol. The fourth-order valence-electron chi connectivity index (χ4n) is 2.47. The van der Waals surface area contributed by atoms with E-state index in [0.717, 1.165) is 0 Å². The van der Waals surface area contributed by atoms with Crippen molar-refractivity contribution in [1.82, 2.24) is 0 Å². The van der Waals surface area contributed by atoms with E-state index in [-0.39, 0.29) is 24.8 Å². The van der Waals surface area contributed by atoms with Crippen LogP contribution in [0.25, 0.3) is 0 Å². The predicted molar refractivity (Wildman–Crippen MR) is 86.6 cm³/mol. The third-order valence-electron chi connectivity index (χ3n) is 3.41. The molecule has 0 aromatic heterocycles.